The zero-order chi connectivity index (χ0) is 13.2. The average molecular weight is 259 g/mol. The first-order valence-electron chi connectivity index (χ1n) is 6.67. The molecule has 3 heterocycles. The number of piperidine rings is 1. The summed E-state index contributed by atoms with van der Waals surface area (Å²) >= 11 is 0. The lowest BCUT2D eigenvalue weighted by molar-refractivity contribution is 0.0697. The molecule has 1 aliphatic rings. The van der Waals surface area contributed by atoms with Crippen LogP contribution in [0.5, 0.6) is 0 Å². The molecule has 0 saturated carbocycles. The summed E-state index contributed by atoms with van der Waals surface area (Å²) < 4.78 is 1.97. The fourth-order valence-corrected chi connectivity index (χ4v) is 2.66. The number of carbonyl (C=O) groups is 1. The number of nitrogens with zero attached hydrogens (tertiary/aromatic N) is 2. The van der Waals surface area contributed by atoms with Gasteiger partial charge in [-0.05, 0) is 31.5 Å². The number of aromatic carboxylic acids is 1. The first-order chi connectivity index (χ1) is 9.24. The number of hydrogen-bond acceptors (Lipinski definition) is 3. The summed E-state index contributed by atoms with van der Waals surface area (Å²) in [5.41, 5.74) is 1.14. The lowest BCUT2D eigenvalue weighted by Crippen LogP contribution is -2.36. The molecule has 1 saturated heterocycles. The fraction of sp³-hybridized carbons (Fsp3) is 0.429. The molecule has 3 rings (SSSR count). The summed E-state index contributed by atoms with van der Waals surface area (Å²) in [7, 11) is 0. The van der Waals surface area contributed by atoms with Crippen LogP contribution in [0, 0.1) is 0 Å². The second kappa shape index (κ2) is 5.01. The molecule has 0 bridgehead atoms. The van der Waals surface area contributed by atoms with E-state index in [1.807, 2.05) is 4.40 Å². The van der Waals surface area contributed by atoms with Crippen molar-refractivity contribution in [2.75, 3.05) is 6.54 Å². The average Bonchev–Trinajstić information content (AvgIpc) is 2.82. The molecule has 0 aliphatic carbocycles. The van der Waals surface area contributed by atoms with Crippen molar-refractivity contribution in [1.82, 2.24) is 14.7 Å². The van der Waals surface area contributed by atoms with E-state index in [4.69, 9.17) is 5.11 Å². The molecule has 1 fully saturated rings. The van der Waals surface area contributed by atoms with Crippen molar-refractivity contribution in [2.24, 2.45) is 0 Å². The lowest BCUT2D eigenvalue weighted by Gasteiger charge is -2.22. The van der Waals surface area contributed by atoms with Gasteiger partial charge in [-0.15, -0.1) is 0 Å². The Morgan fingerprint density at radius 1 is 1.53 bits per heavy atom. The third kappa shape index (κ3) is 2.46. The summed E-state index contributed by atoms with van der Waals surface area (Å²) in [5, 5.41) is 12.5. The van der Waals surface area contributed by atoms with Gasteiger partial charge in [0, 0.05) is 18.7 Å². The van der Waals surface area contributed by atoms with Gasteiger partial charge in [0.2, 0.25) is 0 Å². The summed E-state index contributed by atoms with van der Waals surface area (Å²) in [5.74, 6) is 0.0885. The van der Waals surface area contributed by atoms with Gasteiger partial charge in [-0.25, -0.2) is 9.78 Å². The largest absolute Gasteiger partial charge is 0.478 e. The Morgan fingerprint density at radius 3 is 3.16 bits per heavy atom. The van der Waals surface area contributed by atoms with Crippen molar-refractivity contribution in [2.45, 2.75) is 31.7 Å². The Kier molecular flexibility index (Phi) is 3.21. The highest BCUT2D eigenvalue weighted by Crippen LogP contribution is 2.15. The minimum absolute atomic E-state index is 0.301. The second-order valence-electron chi connectivity index (χ2n) is 5.04. The van der Waals surface area contributed by atoms with Gasteiger partial charge >= 0.3 is 5.97 Å². The fourth-order valence-electron chi connectivity index (χ4n) is 2.66. The van der Waals surface area contributed by atoms with E-state index in [1.165, 1.54) is 19.3 Å². The molecule has 2 aromatic rings. The van der Waals surface area contributed by atoms with Crippen LogP contribution >= 0.6 is 0 Å². The van der Waals surface area contributed by atoms with Crippen molar-refractivity contribution in [3.8, 4) is 0 Å². The van der Waals surface area contributed by atoms with Gasteiger partial charge in [-0.3, -0.25) is 0 Å². The molecule has 1 unspecified atom stereocenters. The van der Waals surface area contributed by atoms with E-state index < -0.39 is 5.97 Å². The number of hydrogen-bond donors (Lipinski definition) is 2. The highest BCUT2D eigenvalue weighted by atomic mass is 16.4. The molecule has 1 atom stereocenters. The zero-order valence-corrected chi connectivity index (χ0v) is 10.7. The van der Waals surface area contributed by atoms with Crippen molar-refractivity contribution < 1.29 is 9.90 Å². The number of rotatable bonds is 3. The van der Waals surface area contributed by atoms with Gasteiger partial charge in [-0.1, -0.05) is 6.42 Å². The summed E-state index contributed by atoms with van der Waals surface area (Å²) in [4.78, 5) is 15.3. The predicted octanol–water partition coefficient (Wildman–Crippen LogP) is 1.72. The Hall–Kier alpha value is -1.88. The third-order valence-electron chi connectivity index (χ3n) is 3.70. The Morgan fingerprint density at radius 2 is 2.42 bits per heavy atom. The van der Waals surface area contributed by atoms with E-state index in [-0.39, 0.29) is 0 Å². The van der Waals surface area contributed by atoms with Gasteiger partial charge in [0.25, 0.3) is 0 Å². The van der Waals surface area contributed by atoms with Gasteiger partial charge in [0.05, 0.1) is 17.3 Å². The van der Waals surface area contributed by atoms with Crippen molar-refractivity contribution in [3.63, 3.8) is 0 Å². The maximum absolute atomic E-state index is 10.9. The molecule has 0 spiro atoms. The maximum atomic E-state index is 10.9. The molecular weight excluding hydrogens is 242 g/mol. The van der Waals surface area contributed by atoms with E-state index >= 15 is 0 Å². The first-order valence-corrected chi connectivity index (χ1v) is 6.67. The monoisotopic (exact) mass is 259 g/mol. The molecule has 5 heteroatoms. The minimum atomic E-state index is -0.904. The number of pyridine rings is 1. The molecule has 0 amide bonds. The molecule has 2 aromatic heterocycles. The summed E-state index contributed by atoms with van der Waals surface area (Å²) in [6.07, 6.45) is 8.13. The molecule has 1 aliphatic heterocycles. The molecular formula is C14H17N3O2. The van der Waals surface area contributed by atoms with Crippen LogP contribution in [0.1, 0.15) is 35.4 Å². The maximum Gasteiger partial charge on any atom is 0.335 e. The van der Waals surface area contributed by atoms with Crippen LogP contribution in [0.3, 0.4) is 0 Å². The highest BCUT2D eigenvalue weighted by molar-refractivity contribution is 5.88. The van der Waals surface area contributed by atoms with Crippen LogP contribution < -0.4 is 5.32 Å². The van der Waals surface area contributed by atoms with Crippen LogP contribution in [0.25, 0.3) is 5.52 Å². The molecule has 2 N–H and O–H groups in total. The second-order valence-corrected chi connectivity index (χ2v) is 5.04. The van der Waals surface area contributed by atoms with Crippen LogP contribution in [0.2, 0.25) is 0 Å². The Balaban J connectivity index is 1.86. The van der Waals surface area contributed by atoms with Crippen LogP contribution in [-0.2, 0) is 6.42 Å². The lowest BCUT2D eigenvalue weighted by atomic mass is 10.0. The highest BCUT2D eigenvalue weighted by Gasteiger charge is 2.16. The van der Waals surface area contributed by atoms with Crippen LogP contribution in [0.15, 0.2) is 24.5 Å². The molecule has 19 heavy (non-hydrogen) atoms. The Labute approximate surface area is 111 Å². The number of nitrogens with one attached hydrogen (secondary N) is 1. The summed E-state index contributed by atoms with van der Waals surface area (Å²) in [6, 6.07) is 3.76. The number of carboxylic acids is 1. The molecule has 5 nitrogen and oxygen atoms in total. The smallest absolute Gasteiger partial charge is 0.335 e. The van der Waals surface area contributed by atoms with Crippen LogP contribution in [-0.4, -0.2) is 33.0 Å². The molecule has 100 valence electrons. The van der Waals surface area contributed by atoms with Crippen molar-refractivity contribution in [3.05, 3.63) is 35.9 Å². The molecule has 0 aromatic carbocycles. The molecule has 0 radical (unpaired) electrons. The topological polar surface area (TPSA) is 66.6 Å². The van der Waals surface area contributed by atoms with Crippen molar-refractivity contribution in [1.29, 1.82) is 0 Å². The van der Waals surface area contributed by atoms with Gasteiger partial charge < -0.3 is 14.8 Å². The number of imidazole rings is 1. The Bertz CT molecular complexity index is 600. The van der Waals surface area contributed by atoms with E-state index in [2.05, 4.69) is 10.3 Å². The van der Waals surface area contributed by atoms with Gasteiger partial charge in [-0.2, -0.15) is 0 Å². The first kappa shape index (κ1) is 12.2. The quantitative estimate of drug-likeness (QED) is 0.880. The van der Waals surface area contributed by atoms with E-state index in [0.717, 1.165) is 24.3 Å². The van der Waals surface area contributed by atoms with E-state index in [1.54, 1.807) is 24.5 Å². The van der Waals surface area contributed by atoms with Gasteiger partial charge in [0.15, 0.2) is 0 Å². The SMILES string of the molecule is O=C(O)c1ccn2c(CC3CCCCN3)ncc2c1. The third-order valence-corrected chi connectivity index (χ3v) is 3.70. The summed E-state index contributed by atoms with van der Waals surface area (Å²) in [6.45, 7) is 1.08. The number of carboxylic acid groups (broad SMARTS) is 1. The zero-order valence-electron chi connectivity index (χ0n) is 10.7. The minimum Gasteiger partial charge on any atom is -0.478 e. The predicted molar refractivity (Wildman–Crippen MR) is 71.5 cm³/mol. The number of aromatic nitrogens is 2. The van der Waals surface area contributed by atoms with Crippen molar-refractivity contribution >= 4 is 11.5 Å². The van der Waals surface area contributed by atoms with Crippen LogP contribution in [0.4, 0.5) is 0 Å². The normalized spacial score (nSPS) is 19.7. The van der Waals surface area contributed by atoms with E-state index in [9.17, 15) is 4.79 Å². The van der Waals surface area contributed by atoms with Gasteiger partial charge in [0.1, 0.15) is 5.82 Å². The van der Waals surface area contributed by atoms with E-state index in [0.29, 0.717) is 11.6 Å². The standard InChI is InChI=1S/C14H17N3O2/c18-14(19)10-4-6-17-12(7-10)9-16-13(17)8-11-3-1-2-5-15-11/h4,6-7,9,11,15H,1-3,5,8H2,(H,18,19). The number of fused-ring (bicyclic) bond motifs is 1.